The molecule has 1 aromatic heterocycles. The van der Waals surface area contributed by atoms with Crippen molar-refractivity contribution in [1.82, 2.24) is 10.3 Å². The van der Waals surface area contributed by atoms with Crippen LogP contribution in [-0.2, 0) is 12.0 Å². The molecule has 0 aliphatic heterocycles. The third-order valence-corrected chi connectivity index (χ3v) is 5.53. The number of hydrogen-bond acceptors (Lipinski definition) is 2. The van der Waals surface area contributed by atoms with E-state index in [4.69, 9.17) is 0 Å². The molecule has 0 atom stereocenters. The number of pyridine rings is 1. The summed E-state index contributed by atoms with van der Waals surface area (Å²) in [5.74, 6) is 0.0220. The van der Waals surface area contributed by atoms with Gasteiger partial charge in [0.05, 0.1) is 11.2 Å². The Morgan fingerprint density at radius 1 is 1.20 bits per heavy atom. The summed E-state index contributed by atoms with van der Waals surface area (Å²) in [6, 6.07) is 11.9. The van der Waals surface area contributed by atoms with E-state index in [1.54, 1.807) is 6.20 Å². The van der Waals surface area contributed by atoms with Gasteiger partial charge < -0.3 is 5.32 Å². The van der Waals surface area contributed by atoms with E-state index in [0.717, 1.165) is 36.9 Å². The van der Waals surface area contributed by atoms with Crippen molar-refractivity contribution in [3.8, 4) is 0 Å². The van der Waals surface area contributed by atoms with Crippen molar-refractivity contribution in [2.75, 3.05) is 0 Å². The predicted octanol–water partition coefficient (Wildman–Crippen LogP) is 4.79. The molecule has 1 heterocycles. The fourth-order valence-corrected chi connectivity index (χ4v) is 3.25. The Labute approximate surface area is 150 Å². The van der Waals surface area contributed by atoms with E-state index in [2.05, 4.69) is 44.1 Å². The topological polar surface area (TPSA) is 42.0 Å². The zero-order chi connectivity index (χ0) is 18.1. The molecule has 0 saturated heterocycles. The summed E-state index contributed by atoms with van der Waals surface area (Å²) in [6.07, 6.45) is 5.70. The summed E-state index contributed by atoms with van der Waals surface area (Å²) < 4.78 is 0. The van der Waals surface area contributed by atoms with Crippen molar-refractivity contribution in [1.29, 1.82) is 0 Å². The summed E-state index contributed by atoms with van der Waals surface area (Å²) in [5, 5.41) is 3.27. The van der Waals surface area contributed by atoms with Crippen LogP contribution in [0.5, 0.6) is 0 Å². The van der Waals surface area contributed by atoms with Gasteiger partial charge in [0.1, 0.15) is 0 Å². The Morgan fingerprint density at radius 2 is 1.96 bits per heavy atom. The lowest BCUT2D eigenvalue weighted by Crippen LogP contribution is -2.36. The zero-order valence-corrected chi connectivity index (χ0v) is 15.7. The van der Waals surface area contributed by atoms with E-state index in [0.29, 0.717) is 0 Å². The molecular formula is C22H28N2O. The highest BCUT2D eigenvalue weighted by atomic mass is 16.1. The van der Waals surface area contributed by atoms with Gasteiger partial charge in [-0.15, -0.1) is 0 Å². The lowest BCUT2D eigenvalue weighted by atomic mass is 9.80. The molecule has 0 unspecified atom stereocenters. The zero-order valence-electron chi connectivity index (χ0n) is 15.7. The Balaban J connectivity index is 1.87. The van der Waals surface area contributed by atoms with Gasteiger partial charge in [-0.3, -0.25) is 9.78 Å². The molecule has 1 aliphatic rings. The summed E-state index contributed by atoms with van der Waals surface area (Å²) in [4.78, 5) is 17.5. The second kappa shape index (κ2) is 6.62. The minimum absolute atomic E-state index is 0.0220. The van der Waals surface area contributed by atoms with Gasteiger partial charge in [-0.1, -0.05) is 45.4 Å². The molecule has 1 aromatic carbocycles. The number of hydrogen-bond donors (Lipinski definition) is 1. The largest absolute Gasteiger partial charge is 0.341 e. The van der Waals surface area contributed by atoms with Gasteiger partial charge in [0.15, 0.2) is 0 Å². The third kappa shape index (κ3) is 3.76. The molecule has 2 aromatic rings. The molecule has 1 amide bonds. The van der Waals surface area contributed by atoms with Crippen molar-refractivity contribution >= 4 is 5.91 Å². The number of nitrogens with zero attached hydrogens (tertiary/aromatic N) is 1. The molecule has 0 spiro atoms. The molecule has 132 valence electrons. The number of aryl methyl sites for hydroxylation is 1. The number of carbonyl (C=O) groups is 1. The maximum Gasteiger partial charge on any atom is 0.252 e. The van der Waals surface area contributed by atoms with Crippen molar-refractivity contribution in [3.63, 3.8) is 0 Å². The second-order valence-electron chi connectivity index (χ2n) is 8.05. The van der Waals surface area contributed by atoms with E-state index < -0.39 is 0 Å². The Hall–Kier alpha value is -2.16. The summed E-state index contributed by atoms with van der Waals surface area (Å²) in [5.41, 5.74) is 4.04. The van der Waals surface area contributed by atoms with Crippen LogP contribution in [0.15, 0.2) is 42.6 Å². The van der Waals surface area contributed by atoms with Gasteiger partial charge in [0.25, 0.3) is 5.91 Å². The summed E-state index contributed by atoms with van der Waals surface area (Å²) in [7, 11) is 0. The van der Waals surface area contributed by atoms with E-state index in [1.165, 1.54) is 11.1 Å². The maximum absolute atomic E-state index is 13.1. The van der Waals surface area contributed by atoms with E-state index in [1.807, 2.05) is 30.3 Å². The minimum atomic E-state index is -0.278. The molecule has 0 radical (unpaired) electrons. The van der Waals surface area contributed by atoms with Crippen LogP contribution < -0.4 is 5.32 Å². The van der Waals surface area contributed by atoms with Crippen molar-refractivity contribution in [2.45, 2.75) is 58.9 Å². The van der Waals surface area contributed by atoms with Gasteiger partial charge in [-0.25, -0.2) is 0 Å². The van der Waals surface area contributed by atoms with Gasteiger partial charge >= 0.3 is 0 Å². The first-order chi connectivity index (χ1) is 11.9. The molecule has 0 bridgehead atoms. The Morgan fingerprint density at radius 3 is 2.56 bits per heavy atom. The van der Waals surface area contributed by atoms with Crippen LogP contribution in [0, 0.1) is 12.3 Å². The minimum Gasteiger partial charge on any atom is -0.341 e. The molecular weight excluding hydrogens is 308 g/mol. The van der Waals surface area contributed by atoms with Crippen LogP contribution in [0.4, 0.5) is 0 Å². The first-order valence-corrected chi connectivity index (χ1v) is 9.19. The molecule has 1 saturated carbocycles. The lowest BCUT2D eigenvalue weighted by Gasteiger charge is -2.26. The number of amides is 1. The van der Waals surface area contributed by atoms with Gasteiger partial charge in [0.2, 0.25) is 0 Å². The standard InChI is InChI=1S/C22H28N2O/c1-5-21(3,4)15-18-16(2)9-8-10-17(18)20(25)24-22(12-13-22)19-11-6-7-14-23-19/h6-11,14H,5,12-13,15H2,1-4H3,(H,24,25). The van der Waals surface area contributed by atoms with E-state index >= 15 is 0 Å². The molecule has 3 heteroatoms. The summed E-state index contributed by atoms with van der Waals surface area (Å²) in [6.45, 7) is 8.83. The number of benzene rings is 1. The van der Waals surface area contributed by atoms with E-state index in [-0.39, 0.29) is 16.9 Å². The highest BCUT2D eigenvalue weighted by molar-refractivity contribution is 5.96. The number of nitrogens with one attached hydrogen (secondary N) is 1. The van der Waals surface area contributed by atoms with Crippen LogP contribution >= 0.6 is 0 Å². The molecule has 1 fully saturated rings. The lowest BCUT2D eigenvalue weighted by molar-refractivity contribution is 0.0928. The van der Waals surface area contributed by atoms with Crippen LogP contribution in [0.3, 0.4) is 0 Å². The second-order valence-corrected chi connectivity index (χ2v) is 8.05. The highest BCUT2D eigenvalue weighted by Gasteiger charge is 2.47. The average molecular weight is 336 g/mol. The molecule has 3 rings (SSSR count). The Bertz CT molecular complexity index is 761. The third-order valence-electron chi connectivity index (χ3n) is 5.53. The number of rotatable bonds is 6. The molecule has 1 aliphatic carbocycles. The molecule has 1 N–H and O–H groups in total. The summed E-state index contributed by atoms with van der Waals surface area (Å²) >= 11 is 0. The quantitative estimate of drug-likeness (QED) is 0.824. The van der Waals surface area contributed by atoms with Crippen LogP contribution in [0.25, 0.3) is 0 Å². The monoisotopic (exact) mass is 336 g/mol. The smallest absolute Gasteiger partial charge is 0.252 e. The average Bonchev–Trinajstić information content (AvgIpc) is 3.38. The van der Waals surface area contributed by atoms with Gasteiger partial charge in [-0.05, 0) is 60.9 Å². The van der Waals surface area contributed by atoms with E-state index in [9.17, 15) is 4.79 Å². The highest BCUT2D eigenvalue weighted by Crippen LogP contribution is 2.44. The van der Waals surface area contributed by atoms with Crippen molar-refractivity contribution < 1.29 is 4.79 Å². The fourth-order valence-electron chi connectivity index (χ4n) is 3.25. The van der Waals surface area contributed by atoms with Crippen LogP contribution in [-0.4, -0.2) is 10.9 Å². The van der Waals surface area contributed by atoms with Gasteiger partial charge in [-0.2, -0.15) is 0 Å². The van der Waals surface area contributed by atoms with Gasteiger partial charge in [0, 0.05) is 11.8 Å². The predicted molar refractivity (Wildman–Crippen MR) is 102 cm³/mol. The van der Waals surface area contributed by atoms with Crippen molar-refractivity contribution in [2.24, 2.45) is 5.41 Å². The first-order valence-electron chi connectivity index (χ1n) is 9.19. The number of carbonyl (C=O) groups excluding carboxylic acids is 1. The normalized spacial score (nSPS) is 15.7. The maximum atomic E-state index is 13.1. The van der Waals surface area contributed by atoms with Crippen LogP contribution in [0.2, 0.25) is 0 Å². The molecule has 3 nitrogen and oxygen atoms in total. The van der Waals surface area contributed by atoms with Crippen molar-refractivity contribution in [3.05, 3.63) is 65.0 Å². The SMILES string of the molecule is CCC(C)(C)Cc1c(C)cccc1C(=O)NC1(c2ccccn2)CC1. The first kappa shape index (κ1) is 17.7. The molecule has 25 heavy (non-hydrogen) atoms. The van der Waals surface area contributed by atoms with Crippen LogP contribution in [0.1, 0.15) is 67.2 Å². The fraction of sp³-hybridized carbons (Fsp3) is 0.455. The Kier molecular flexibility index (Phi) is 4.68. The number of aromatic nitrogens is 1.